The first-order valence-corrected chi connectivity index (χ1v) is 9.94. The minimum atomic E-state index is -4.46. The molecule has 3 aromatic heterocycles. The molecule has 1 saturated heterocycles. The Balaban J connectivity index is 1.46. The van der Waals surface area contributed by atoms with Gasteiger partial charge in [-0.15, -0.1) is 11.3 Å². The van der Waals surface area contributed by atoms with Crippen LogP contribution in [0, 0.1) is 0 Å². The fraction of sp³-hybridized carbons (Fsp3) is 0.333. The number of urea groups is 1. The van der Waals surface area contributed by atoms with E-state index in [1.807, 2.05) is 0 Å². The number of amides is 2. The van der Waals surface area contributed by atoms with E-state index in [2.05, 4.69) is 25.7 Å². The van der Waals surface area contributed by atoms with Crippen LogP contribution in [0.3, 0.4) is 0 Å². The molecule has 0 radical (unpaired) electrons. The lowest BCUT2D eigenvalue weighted by Crippen LogP contribution is -2.32. The maximum atomic E-state index is 13.0. The highest BCUT2D eigenvalue weighted by atomic mass is 32.1. The number of carbonyl (C=O) groups excluding carboxylic acids is 1. The van der Waals surface area contributed by atoms with Crippen molar-refractivity contribution in [1.29, 1.82) is 0 Å². The van der Waals surface area contributed by atoms with E-state index in [-0.39, 0.29) is 11.7 Å². The predicted octanol–water partition coefficient (Wildman–Crippen LogP) is 3.06. The maximum Gasteiger partial charge on any atom is 0.433 e. The highest BCUT2D eigenvalue weighted by Crippen LogP contribution is 2.36. The van der Waals surface area contributed by atoms with Gasteiger partial charge in [0.2, 0.25) is 5.95 Å². The number of alkyl halides is 3. The molecule has 0 spiro atoms. The summed E-state index contributed by atoms with van der Waals surface area (Å²) < 4.78 is 39.9. The normalized spacial score (nSPS) is 14.3. The lowest BCUT2D eigenvalue weighted by molar-refractivity contribution is -0.143. The molecule has 4 rings (SSSR count). The van der Waals surface area contributed by atoms with Gasteiger partial charge in [-0.2, -0.15) is 18.3 Å². The third kappa shape index (κ3) is 4.22. The minimum absolute atomic E-state index is 0.0826. The van der Waals surface area contributed by atoms with Crippen LogP contribution in [-0.4, -0.2) is 56.9 Å². The zero-order chi connectivity index (χ0) is 21.3. The summed E-state index contributed by atoms with van der Waals surface area (Å²) in [4.78, 5) is 23.3. The maximum absolute atomic E-state index is 13.0. The van der Waals surface area contributed by atoms with Crippen LogP contribution in [0.4, 0.5) is 23.9 Å². The van der Waals surface area contributed by atoms with Gasteiger partial charge in [0.1, 0.15) is 11.4 Å². The van der Waals surface area contributed by atoms with Gasteiger partial charge in [0.15, 0.2) is 0 Å². The number of nitrogens with one attached hydrogen (secondary N) is 2. The first-order chi connectivity index (χ1) is 14.3. The number of hydrogen-bond acceptors (Lipinski definition) is 6. The van der Waals surface area contributed by atoms with Gasteiger partial charge in [-0.3, -0.25) is 4.68 Å². The average molecular weight is 437 g/mol. The molecule has 0 bridgehead atoms. The smallest absolute Gasteiger partial charge is 0.352 e. The monoisotopic (exact) mass is 437 g/mol. The highest BCUT2D eigenvalue weighted by Gasteiger charge is 2.35. The molecular formula is C18H18F3N7OS. The lowest BCUT2D eigenvalue weighted by atomic mass is 10.3. The molecule has 1 aliphatic rings. The van der Waals surface area contributed by atoms with Crippen molar-refractivity contribution in [2.75, 3.05) is 31.5 Å². The Kier molecular flexibility index (Phi) is 5.33. The number of nitrogens with zero attached hydrogens (tertiary/aromatic N) is 5. The molecule has 2 amide bonds. The molecule has 0 aromatic carbocycles. The van der Waals surface area contributed by atoms with Gasteiger partial charge in [0.05, 0.1) is 15.4 Å². The summed E-state index contributed by atoms with van der Waals surface area (Å²) >= 11 is 1.30. The zero-order valence-electron chi connectivity index (χ0n) is 15.9. The summed E-state index contributed by atoms with van der Waals surface area (Å²) in [6.45, 7) is 2.35. The van der Waals surface area contributed by atoms with Crippen molar-refractivity contribution in [1.82, 2.24) is 30.0 Å². The van der Waals surface area contributed by atoms with Crippen LogP contribution in [0.15, 0.2) is 30.5 Å². The molecule has 2 N–H and O–H groups in total. The fourth-order valence-electron chi connectivity index (χ4n) is 3.07. The second-order valence-corrected chi connectivity index (χ2v) is 7.70. The number of aryl methyl sites for hydroxylation is 1. The molecule has 3 aromatic rings. The average Bonchev–Trinajstić information content (AvgIpc) is 3.42. The van der Waals surface area contributed by atoms with Gasteiger partial charge in [0, 0.05) is 39.4 Å². The van der Waals surface area contributed by atoms with Gasteiger partial charge in [0.25, 0.3) is 0 Å². The van der Waals surface area contributed by atoms with Crippen molar-refractivity contribution in [3.05, 3.63) is 36.2 Å². The van der Waals surface area contributed by atoms with Crippen LogP contribution in [-0.2, 0) is 13.2 Å². The fourth-order valence-corrected chi connectivity index (χ4v) is 4.01. The molecule has 0 atom stereocenters. The van der Waals surface area contributed by atoms with Crippen molar-refractivity contribution in [3.63, 3.8) is 0 Å². The number of anilines is 1. The number of carbonyl (C=O) groups is 1. The largest absolute Gasteiger partial charge is 0.433 e. The van der Waals surface area contributed by atoms with Crippen LogP contribution in [0.25, 0.3) is 21.1 Å². The van der Waals surface area contributed by atoms with Gasteiger partial charge in [-0.05, 0) is 24.3 Å². The highest BCUT2D eigenvalue weighted by molar-refractivity contribution is 7.18. The second-order valence-electron chi connectivity index (χ2n) is 6.61. The van der Waals surface area contributed by atoms with Crippen LogP contribution in [0.2, 0.25) is 0 Å². The van der Waals surface area contributed by atoms with Crippen molar-refractivity contribution >= 4 is 23.3 Å². The van der Waals surface area contributed by atoms with Gasteiger partial charge in [-0.25, -0.2) is 14.8 Å². The van der Waals surface area contributed by atoms with Crippen molar-refractivity contribution in [3.8, 4) is 21.1 Å². The van der Waals surface area contributed by atoms with Crippen molar-refractivity contribution in [2.45, 2.75) is 6.18 Å². The molecule has 158 valence electrons. The van der Waals surface area contributed by atoms with Crippen LogP contribution < -0.4 is 10.6 Å². The molecule has 0 unspecified atom stereocenters. The molecule has 12 heteroatoms. The summed E-state index contributed by atoms with van der Waals surface area (Å²) in [6, 6.07) is 6.21. The van der Waals surface area contributed by atoms with Crippen LogP contribution in [0.1, 0.15) is 5.69 Å². The Labute approximate surface area is 173 Å². The quantitative estimate of drug-likeness (QED) is 0.619. The Morgan fingerprint density at radius 2 is 2.00 bits per heavy atom. The Morgan fingerprint density at radius 1 is 1.23 bits per heavy atom. The SMILES string of the molecule is Cn1nc(-c2ccc(-c3ccnc(NCCN4CCNC4=O)n3)s2)cc1C(F)(F)F. The Hall–Kier alpha value is -3.15. The van der Waals surface area contributed by atoms with Crippen molar-refractivity contribution in [2.24, 2.45) is 7.05 Å². The van der Waals surface area contributed by atoms with E-state index < -0.39 is 11.9 Å². The summed E-state index contributed by atoms with van der Waals surface area (Å²) in [7, 11) is 1.27. The van der Waals surface area contributed by atoms with E-state index >= 15 is 0 Å². The molecule has 1 aliphatic heterocycles. The third-order valence-electron chi connectivity index (χ3n) is 4.55. The zero-order valence-corrected chi connectivity index (χ0v) is 16.7. The summed E-state index contributed by atoms with van der Waals surface area (Å²) in [5.74, 6) is 0.416. The molecule has 1 fully saturated rings. The number of aromatic nitrogens is 4. The molecule has 0 aliphatic carbocycles. The van der Waals surface area contributed by atoms with E-state index in [9.17, 15) is 18.0 Å². The summed E-state index contributed by atoms with van der Waals surface area (Å²) in [5, 5.41) is 9.81. The second kappa shape index (κ2) is 7.94. The number of thiophene rings is 1. The standard InChI is InChI=1S/C18H18F3N7OS/c1-27-15(18(19,20)21)10-12(26-27)14-3-2-13(30-14)11-4-5-22-16(25-11)23-6-8-28-9-7-24-17(28)29/h2-5,10H,6-9H2,1H3,(H,24,29)(H,22,23,25). The molecule has 8 nitrogen and oxygen atoms in total. The van der Waals surface area contributed by atoms with E-state index in [4.69, 9.17) is 0 Å². The van der Waals surface area contributed by atoms with Gasteiger partial charge < -0.3 is 15.5 Å². The molecular weight excluding hydrogens is 419 g/mol. The summed E-state index contributed by atoms with van der Waals surface area (Å²) in [6.07, 6.45) is -2.85. The first kappa shape index (κ1) is 20.1. The van der Waals surface area contributed by atoms with E-state index in [0.717, 1.165) is 15.6 Å². The molecule has 4 heterocycles. The Morgan fingerprint density at radius 3 is 2.67 bits per heavy atom. The molecule has 30 heavy (non-hydrogen) atoms. The van der Waals surface area contributed by atoms with Crippen LogP contribution >= 0.6 is 11.3 Å². The lowest BCUT2D eigenvalue weighted by Gasteiger charge is -2.14. The Bertz CT molecular complexity index is 1060. The number of halogens is 3. The number of hydrogen-bond donors (Lipinski definition) is 2. The summed E-state index contributed by atoms with van der Waals surface area (Å²) in [5.41, 5.74) is 0.111. The van der Waals surface area contributed by atoms with Crippen molar-refractivity contribution < 1.29 is 18.0 Å². The predicted molar refractivity (Wildman–Crippen MR) is 106 cm³/mol. The third-order valence-corrected chi connectivity index (χ3v) is 5.68. The van der Waals surface area contributed by atoms with Gasteiger partial charge >= 0.3 is 12.2 Å². The molecule has 0 saturated carbocycles. The van der Waals surface area contributed by atoms with E-state index in [1.165, 1.54) is 18.4 Å². The minimum Gasteiger partial charge on any atom is -0.352 e. The van der Waals surface area contributed by atoms with Crippen LogP contribution in [0.5, 0.6) is 0 Å². The van der Waals surface area contributed by atoms with E-state index in [1.54, 1.807) is 29.3 Å². The topological polar surface area (TPSA) is 88.0 Å². The number of rotatable bonds is 6. The first-order valence-electron chi connectivity index (χ1n) is 9.13. The van der Waals surface area contributed by atoms with Gasteiger partial charge in [-0.1, -0.05) is 0 Å². The van der Waals surface area contributed by atoms with E-state index in [0.29, 0.717) is 42.7 Å².